The molecule has 5 heteroatoms. The number of hydrogen-bond donors (Lipinski definition) is 1. The van der Waals surface area contributed by atoms with Crippen molar-refractivity contribution in [2.45, 2.75) is 0 Å². The Bertz CT molecular complexity index is 277. The first-order valence-corrected chi connectivity index (χ1v) is 3.36. The number of aromatic nitrogens is 1. The topological polar surface area (TPSA) is 42.2 Å². The lowest BCUT2D eigenvalue weighted by molar-refractivity contribution is 0.430. The van der Waals surface area contributed by atoms with Gasteiger partial charge in [0, 0.05) is 7.05 Å². The Kier molecular flexibility index (Phi) is 1.50. The van der Waals surface area contributed by atoms with E-state index in [1.165, 1.54) is 7.05 Å². The fourth-order valence-corrected chi connectivity index (χ4v) is 1.34. The molecule has 0 atom stereocenters. The van der Waals surface area contributed by atoms with Crippen molar-refractivity contribution in [1.29, 1.82) is 0 Å². The molecule has 1 heterocycles. The summed E-state index contributed by atoms with van der Waals surface area (Å²) in [5.74, 6) is -0.160. The van der Waals surface area contributed by atoms with Crippen LogP contribution in [0.25, 0.3) is 0 Å². The summed E-state index contributed by atoms with van der Waals surface area (Å²) in [4.78, 5) is 10.3. The second-order valence-corrected chi connectivity index (χ2v) is 3.09. The Balaban J connectivity index is 3.47. The Labute approximate surface area is 60.1 Å². The molecule has 0 fully saturated rings. The van der Waals surface area contributed by atoms with Crippen molar-refractivity contribution in [2.75, 3.05) is 0 Å². The highest BCUT2D eigenvalue weighted by atomic mass is 35.5. The highest BCUT2D eigenvalue weighted by Crippen LogP contribution is 2.23. The van der Waals surface area contributed by atoms with Crippen LogP contribution in [-0.4, -0.2) is 9.67 Å². The van der Waals surface area contributed by atoms with Crippen LogP contribution in [0, 0.1) is 0 Å². The zero-order valence-electron chi connectivity index (χ0n) is 4.59. The maximum atomic E-state index is 10.6. The smallest absolute Gasteiger partial charge is 0.311 e. The van der Waals surface area contributed by atoms with Crippen molar-refractivity contribution in [2.24, 2.45) is 7.05 Å². The highest BCUT2D eigenvalue weighted by Gasteiger charge is 2.06. The Morgan fingerprint density at radius 1 is 1.78 bits per heavy atom. The molecular weight excluding hydrogens is 162 g/mol. The van der Waals surface area contributed by atoms with Crippen molar-refractivity contribution in [1.82, 2.24) is 4.57 Å². The maximum absolute atomic E-state index is 10.6. The van der Waals surface area contributed by atoms with Gasteiger partial charge in [0.05, 0.1) is 0 Å². The van der Waals surface area contributed by atoms with E-state index in [2.05, 4.69) is 0 Å². The lowest BCUT2D eigenvalue weighted by atomic mass is 10.8. The van der Waals surface area contributed by atoms with Gasteiger partial charge >= 0.3 is 4.87 Å². The lowest BCUT2D eigenvalue weighted by Crippen LogP contribution is -2.05. The van der Waals surface area contributed by atoms with Crippen LogP contribution in [0.3, 0.4) is 0 Å². The van der Waals surface area contributed by atoms with Gasteiger partial charge in [0.15, 0.2) is 4.34 Å². The molecule has 0 saturated carbocycles. The van der Waals surface area contributed by atoms with Crippen LogP contribution in [-0.2, 0) is 7.05 Å². The Morgan fingerprint density at radius 2 is 2.33 bits per heavy atom. The summed E-state index contributed by atoms with van der Waals surface area (Å²) in [6, 6.07) is 0. The van der Waals surface area contributed by atoms with Gasteiger partial charge in [0.1, 0.15) is 0 Å². The van der Waals surface area contributed by atoms with Gasteiger partial charge in [0.2, 0.25) is 5.88 Å². The number of hydrogen-bond acceptors (Lipinski definition) is 3. The number of rotatable bonds is 0. The Morgan fingerprint density at radius 3 is 2.44 bits per heavy atom. The second-order valence-electron chi connectivity index (χ2n) is 1.52. The predicted octanol–water partition coefficient (Wildman–Crippen LogP) is 0.806. The molecule has 1 aromatic heterocycles. The molecule has 0 saturated heterocycles. The first-order chi connectivity index (χ1) is 4.13. The summed E-state index contributed by atoms with van der Waals surface area (Å²) in [5.41, 5.74) is 0. The van der Waals surface area contributed by atoms with Gasteiger partial charge in [-0.1, -0.05) is 22.9 Å². The van der Waals surface area contributed by atoms with Crippen LogP contribution in [0.4, 0.5) is 0 Å². The van der Waals surface area contributed by atoms with Crippen molar-refractivity contribution < 1.29 is 5.11 Å². The van der Waals surface area contributed by atoms with Gasteiger partial charge in [-0.25, -0.2) is 0 Å². The standard InChI is InChI=1S/C4H4ClNO2S/c1-6-3(7)2(5)9-4(6)8/h7H,1H3. The predicted molar refractivity (Wildman–Crippen MR) is 36.2 cm³/mol. The molecule has 0 unspecified atom stereocenters. The molecule has 9 heavy (non-hydrogen) atoms. The van der Waals surface area contributed by atoms with E-state index in [1.807, 2.05) is 0 Å². The zero-order valence-corrected chi connectivity index (χ0v) is 6.16. The first-order valence-electron chi connectivity index (χ1n) is 2.17. The normalized spacial score (nSPS) is 10.0. The number of thiazole rings is 1. The SMILES string of the molecule is Cn1c(O)c(Cl)sc1=O. The summed E-state index contributed by atoms with van der Waals surface area (Å²) in [7, 11) is 1.46. The van der Waals surface area contributed by atoms with E-state index in [0.717, 1.165) is 15.9 Å². The average molecular weight is 166 g/mol. The van der Waals surface area contributed by atoms with Crippen LogP contribution < -0.4 is 4.87 Å². The number of halogens is 1. The first kappa shape index (κ1) is 6.64. The van der Waals surface area contributed by atoms with Crippen molar-refractivity contribution in [3.63, 3.8) is 0 Å². The summed E-state index contributed by atoms with van der Waals surface area (Å²) >= 11 is 6.20. The van der Waals surface area contributed by atoms with E-state index in [9.17, 15) is 4.79 Å². The van der Waals surface area contributed by atoms with Crippen LogP contribution in [0.1, 0.15) is 0 Å². The minimum Gasteiger partial charge on any atom is -0.493 e. The van der Waals surface area contributed by atoms with Crippen LogP contribution in [0.5, 0.6) is 5.88 Å². The number of aromatic hydroxyl groups is 1. The summed E-state index contributed by atoms with van der Waals surface area (Å²) in [6.07, 6.45) is 0. The summed E-state index contributed by atoms with van der Waals surface area (Å²) in [6.45, 7) is 0. The molecular formula is C4H4ClNO2S. The zero-order chi connectivity index (χ0) is 7.02. The molecule has 50 valence electrons. The third-order valence-electron chi connectivity index (χ3n) is 0.944. The van der Waals surface area contributed by atoms with Gasteiger partial charge in [0.25, 0.3) is 0 Å². The molecule has 0 spiro atoms. The molecule has 0 radical (unpaired) electrons. The average Bonchev–Trinajstić information content (AvgIpc) is 1.98. The molecule has 0 aromatic carbocycles. The minimum atomic E-state index is -0.252. The van der Waals surface area contributed by atoms with Gasteiger partial charge in [-0.2, -0.15) is 0 Å². The summed E-state index contributed by atoms with van der Waals surface area (Å²) < 4.78 is 1.23. The van der Waals surface area contributed by atoms with Gasteiger partial charge in [-0.3, -0.25) is 9.36 Å². The fraction of sp³-hybridized carbons (Fsp3) is 0.250. The molecule has 1 N–H and O–H groups in total. The maximum Gasteiger partial charge on any atom is 0.311 e. The van der Waals surface area contributed by atoms with Crippen molar-refractivity contribution in [3.05, 3.63) is 14.0 Å². The lowest BCUT2D eigenvalue weighted by Gasteiger charge is -1.87. The quantitative estimate of drug-likeness (QED) is 0.618. The van der Waals surface area contributed by atoms with E-state index in [4.69, 9.17) is 16.7 Å². The second kappa shape index (κ2) is 2.04. The molecule has 0 aliphatic carbocycles. The Hall–Kier alpha value is -0.480. The van der Waals surface area contributed by atoms with Crippen molar-refractivity contribution in [3.8, 4) is 5.88 Å². The van der Waals surface area contributed by atoms with E-state index in [1.54, 1.807) is 0 Å². The molecule has 0 amide bonds. The van der Waals surface area contributed by atoms with Crippen molar-refractivity contribution >= 4 is 22.9 Å². The molecule has 1 rings (SSSR count). The van der Waals surface area contributed by atoms with Crippen LogP contribution >= 0.6 is 22.9 Å². The van der Waals surface area contributed by atoms with Crippen LogP contribution in [0.15, 0.2) is 4.79 Å². The third kappa shape index (κ3) is 0.951. The molecule has 1 aromatic rings. The van der Waals surface area contributed by atoms with E-state index >= 15 is 0 Å². The van der Waals surface area contributed by atoms with Gasteiger partial charge < -0.3 is 5.11 Å². The van der Waals surface area contributed by atoms with Gasteiger partial charge in [-0.15, -0.1) is 0 Å². The van der Waals surface area contributed by atoms with E-state index < -0.39 is 0 Å². The fourth-order valence-electron chi connectivity index (χ4n) is 0.409. The number of nitrogens with zero attached hydrogens (tertiary/aromatic N) is 1. The largest absolute Gasteiger partial charge is 0.493 e. The molecule has 0 aliphatic rings. The minimum absolute atomic E-state index is 0.141. The van der Waals surface area contributed by atoms with Gasteiger partial charge in [-0.05, 0) is 0 Å². The molecule has 3 nitrogen and oxygen atoms in total. The molecule has 0 aliphatic heterocycles. The van der Waals surface area contributed by atoms with E-state index in [0.29, 0.717) is 0 Å². The van der Waals surface area contributed by atoms with E-state index in [-0.39, 0.29) is 15.1 Å². The highest BCUT2D eigenvalue weighted by molar-refractivity contribution is 7.14. The van der Waals surface area contributed by atoms with Crippen LogP contribution in [0.2, 0.25) is 4.34 Å². The monoisotopic (exact) mass is 165 g/mol. The third-order valence-corrected chi connectivity index (χ3v) is 2.16. The molecule has 0 bridgehead atoms. The summed E-state index contributed by atoms with van der Waals surface area (Å²) in [5, 5.41) is 8.87.